The van der Waals surface area contributed by atoms with Gasteiger partial charge in [0.25, 0.3) is 0 Å². The van der Waals surface area contributed by atoms with Crippen molar-refractivity contribution in [2.75, 3.05) is 24.6 Å². The normalized spacial score (nSPS) is 26.8. The summed E-state index contributed by atoms with van der Waals surface area (Å²) in [6.07, 6.45) is -0.644. The quantitative estimate of drug-likeness (QED) is 0.748. The van der Waals surface area contributed by atoms with Crippen molar-refractivity contribution in [1.82, 2.24) is 4.98 Å². The van der Waals surface area contributed by atoms with E-state index < -0.39 is 30.1 Å². The molecule has 2 saturated heterocycles. The second-order valence-electron chi connectivity index (χ2n) is 8.48. The zero-order chi connectivity index (χ0) is 22.4. The number of carboxylic acids is 1. The first-order valence-electron chi connectivity index (χ1n) is 10.4. The Morgan fingerprint density at radius 1 is 1.13 bits per heavy atom. The highest BCUT2D eigenvalue weighted by molar-refractivity contribution is 5.93. The van der Waals surface area contributed by atoms with Gasteiger partial charge in [-0.1, -0.05) is 13.8 Å². The van der Waals surface area contributed by atoms with Gasteiger partial charge < -0.3 is 19.5 Å². The molecule has 3 aliphatic rings. The molecule has 1 unspecified atom stereocenters. The van der Waals surface area contributed by atoms with Crippen molar-refractivity contribution in [1.29, 1.82) is 0 Å². The zero-order valence-electron chi connectivity index (χ0n) is 17.8. The van der Waals surface area contributed by atoms with Crippen LogP contribution >= 0.6 is 0 Å². The number of anilines is 1. The number of nitrogens with zero attached hydrogens (tertiary/aromatic N) is 2. The SMILES string of the molecule is CC.CC1(C)OCC(c2ccc(C(=O)O)c(N3CCC4(CC3)CC4)n2)(C(F)(F)F)O1. The fourth-order valence-electron chi connectivity index (χ4n) is 4.12. The number of pyridine rings is 1. The van der Waals surface area contributed by atoms with Crippen molar-refractivity contribution in [2.45, 2.75) is 70.9 Å². The molecule has 0 aromatic carbocycles. The van der Waals surface area contributed by atoms with Crippen LogP contribution in [0.4, 0.5) is 19.0 Å². The van der Waals surface area contributed by atoms with Crippen LogP contribution in [-0.4, -0.2) is 47.7 Å². The molecule has 9 heteroatoms. The summed E-state index contributed by atoms with van der Waals surface area (Å²) in [6.45, 7) is 7.25. The topological polar surface area (TPSA) is 71.9 Å². The number of carboxylic acid groups (broad SMARTS) is 1. The van der Waals surface area contributed by atoms with Gasteiger partial charge >= 0.3 is 12.1 Å². The highest BCUT2D eigenvalue weighted by Crippen LogP contribution is 2.54. The molecular weight excluding hydrogens is 401 g/mol. The van der Waals surface area contributed by atoms with Crippen LogP contribution in [0.3, 0.4) is 0 Å². The van der Waals surface area contributed by atoms with Crippen LogP contribution in [0.5, 0.6) is 0 Å². The third-order valence-electron chi connectivity index (χ3n) is 6.10. The van der Waals surface area contributed by atoms with E-state index in [2.05, 4.69) is 4.98 Å². The minimum Gasteiger partial charge on any atom is -0.478 e. The summed E-state index contributed by atoms with van der Waals surface area (Å²) in [6, 6.07) is 2.27. The average Bonchev–Trinajstić information content (AvgIpc) is 3.35. The number of hydrogen-bond donors (Lipinski definition) is 1. The molecule has 6 nitrogen and oxygen atoms in total. The molecule has 0 amide bonds. The molecule has 4 rings (SSSR count). The Hall–Kier alpha value is -1.87. The van der Waals surface area contributed by atoms with Crippen LogP contribution in [0.1, 0.15) is 69.4 Å². The van der Waals surface area contributed by atoms with E-state index in [4.69, 9.17) is 9.47 Å². The second-order valence-corrected chi connectivity index (χ2v) is 8.48. The van der Waals surface area contributed by atoms with Gasteiger partial charge in [-0.2, -0.15) is 13.2 Å². The van der Waals surface area contributed by atoms with E-state index in [-0.39, 0.29) is 17.1 Å². The number of rotatable bonds is 3. The third-order valence-corrected chi connectivity index (χ3v) is 6.10. The lowest BCUT2D eigenvalue weighted by Crippen LogP contribution is -2.47. The van der Waals surface area contributed by atoms with Gasteiger partial charge in [0, 0.05) is 13.1 Å². The summed E-state index contributed by atoms with van der Waals surface area (Å²) in [4.78, 5) is 17.6. The molecule has 0 bridgehead atoms. The standard InChI is InChI=1S/C19H23F3N2O4.C2H6/c1-16(2)27-11-18(28-16,19(20,21)22)13-4-3-12(15(25)26)14(23-13)24-9-7-17(5-6-17)8-10-24;1-2/h3-4H,5-11H2,1-2H3,(H,25,26);1-2H3. The second kappa shape index (κ2) is 7.67. The Bertz CT molecular complexity index is 798. The number of halogens is 3. The smallest absolute Gasteiger partial charge is 0.425 e. The number of piperidine rings is 1. The molecule has 3 heterocycles. The van der Waals surface area contributed by atoms with Crippen molar-refractivity contribution in [3.8, 4) is 0 Å². The predicted octanol–water partition coefficient (Wildman–Crippen LogP) is 4.73. The van der Waals surface area contributed by atoms with Crippen molar-refractivity contribution in [3.63, 3.8) is 0 Å². The lowest BCUT2D eigenvalue weighted by Gasteiger charge is -2.35. The fourth-order valence-corrected chi connectivity index (χ4v) is 4.12. The molecule has 1 aromatic heterocycles. The number of ether oxygens (including phenoxy) is 2. The van der Waals surface area contributed by atoms with E-state index in [9.17, 15) is 23.1 Å². The van der Waals surface area contributed by atoms with Gasteiger partial charge in [0.05, 0.1) is 12.3 Å². The highest BCUT2D eigenvalue weighted by Gasteiger charge is 2.65. The maximum atomic E-state index is 14.0. The van der Waals surface area contributed by atoms with Gasteiger partial charge in [0.15, 0.2) is 5.79 Å². The molecule has 1 aliphatic carbocycles. The maximum absolute atomic E-state index is 14.0. The van der Waals surface area contributed by atoms with Gasteiger partial charge in [-0.15, -0.1) is 0 Å². The molecule has 1 N–H and O–H groups in total. The summed E-state index contributed by atoms with van der Waals surface area (Å²) in [5, 5.41) is 9.53. The van der Waals surface area contributed by atoms with E-state index in [1.807, 2.05) is 13.8 Å². The highest BCUT2D eigenvalue weighted by atomic mass is 19.4. The number of alkyl halides is 3. The van der Waals surface area contributed by atoms with Crippen molar-refractivity contribution in [2.24, 2.45) is 5.41 Å². The molecule has 1 spiro atoms. The van der Waals surface area contributed by atoms with E-state index in [0.29, 0.717) is 18.5 Å². The van der Waals surface area contributed by atoms with Crippen LogP contribution < -0.4 is 4.90 Å². The number of aromatic nitrogens is 1. The fraction of sp³-hybridized carbons (Fsp3) is 0.714. The van der Waals surface area contributed by atoms with E-state index >= 15 is 0 Å². The third kappa shape index (κ3) is 4.01. The van der Waals surface area contributed by atoms with Gasteiger partial charge in [0.1, 0.15) is 11.4 Å². The summed E-state index contributed by atoms with van der Waals surface area (Å²) in [7, 11) is 0. The molecule has 2 aliphatic heterocycles. The largest absolute Gasteiger partial charge is 0.478 e. The van der Waals surface area contributed by atoms with E-state index in [1.54, 1.807) is 4.90 Å². The monoisotopic (exact) mass is 430 g/mol. The minimum absolute atomic E-state index is 0.0671. The molecular formula is C21H29F3N2O4. The molecule has 3 fully saturated rings. The lowest BCUT2D eigenvalue weighted by molar-refractivity contribution is -0.291. The van der Waals surface area contributed by atoms with E-state index in [1.165, 1.54) is 19.9 Å². The Labute approximate surface area is 174 Å². The Morgan fingerprint density at radius 2 is 1.73 bits per heavy atom. The molecule has 1 aromatic rings. The first-order valence-corrected chi connectivity index (χ1v) is 10.4. The van der Waals surface area contributed by atoms with Crippen molar-refractivity contribution < 1.29 is 32.5 Å². The van der Waals surface area contributed by atoms with E-state index in [0.717, 1.165) is 31.7 Å². The Kier molecular flexibility index (Phi) is 5.83. The van der Waals surface area contributed by atoms with Crippen LogP contribution in [0.25, 0.3) is 0 Å². The molecule has 168 valence electrons. The van der Waals surface area contributed by atoms with Crippen LogP contribution in [0.2, 0.25) is 0 Å². The van der Waals surface area contributed by atoms with Crippen LogP contribution in [0, 0.1) is 5.41 Å². The molecule has 1 atom stereocenters. The number of carbonyl (C=O) groups is 1. The Balaban J connectivity index is 0.00000124. The molecule has 30 heavy (non-hydrogen) atoms. The van der Waals surface area contributed by atoms with Gasteiger partial charge in [-0.05, 0) is 57.1 Å². The molecule has 0 radical (unpaired) electrons. The zero-order valence-corrected chi connectivity index (χ0v) is 17.8. The maximum Gasteiger partial charge on any atom is 0.425 e. The Morgan fingerprint density at radius 3 is 2.17 bits per heavy atom. The summed E-state index contributed by atoms with van der Waals surface area (Å²) in [5.74, 6) is -2.57. The van der Waals surface area contributed by atoms with Crippen molar-refractivity contribution >= 4 is 11.8 Å². The average molecular weight is 430 g/mol. The van der Waals surface area contributed by atoms with Gasteiger partial charge in [0.2, 0.25) is 5.60 Å². The summed E-state index contributed by atoms with van der Waals surface area (Å²) in [5.41, 5.74) is -2.87. The summed E-state index contributed by atoms with van der Waals surface area (Å²) < 4.78 is 52.6. The van der Waals surface area contributed by atoms with Gasteiger partial charge in [-0.3, -0.25) is 0 Å². The first-order chi connectivity index (χ1) is 14.0. The number of hydrogen-bond acceptors (Lipinski definition) is 5. The first kappa shape index (κ1) is 22.8. The lowest BCUT2D eigenvalue weighted by atomic mass is 9.93. The molecule has 1 saturated carbocycles. The minimum atomic E-state index is -4.77. The predicted molar refractivity (Wildman–Crippen MR) is 105 cm³/mol. The number of aromatic carboxylic acids is 1. The van der Waals surface area contributed by atoms with Gasteiger partial charge in [-0.25, -0.2) is 9.78 Å². The van der Waals surface area contributed by atoms with Crippen LogP contribution in [-0.2, 0) is 15.1 Å². The summed E-state index contributed by atoms with van der Waals surface area (Å²) >= 11 is 0. The van der Waals surface area contributed by atoms with Crippen molar-refractivity contribution in [3.05, 3.63) is 23.4 Å². The van der Waals surface area contributed by atoms with Crippen LogP contribution in [0.15, 0.2) is 12.1 Å².